The Labute approximate surface area is 159 Å². The highest BCUT2D eigenvalue weighted by atomic mass is 19.1. The standard InChI is InChI=1S/C19H27FN4O3/c1-2-27-19(26)24-9-7-21(8-10-24)15-18(25)23-13-11-22(12-14-23)17-5-3-16(20)4-6-17/h3-6H,2,7-15H2,1H3. The van der Waals surface area contributed by atoms with Gasteiger partial charge in [0.2, 0.25) is 5.91 Å². The van der Waals surface area contributed by atoms with E-state index in [1.54, 1.807) is 24.0 Å². The molecule has 2 aliphatic rings. The fourth-order valence-electron chi connectivity index (χ4n) is 3.46. The Morgan fingerprint density at radius 3 is 2.11 bits per heavy atom. The summed E-state index contributed by atoms with van der Waals surface area (Å²) in [6.45, 7) is 7.91. The number of hydrogen-bond acceptors (Lipinski definition) is 5. The number of carbonyl (C=O) groups excluding carboxylic acids is 2. The molecule has 3 rings (SSSR count). The molecule has 2 saturated heterocycles. The van der Waals surface area contributed by atoms with Crippen molar-refractivity contribution in [2.45, 2.75) is 6.92 Å². The van der Waals surface area contributed by atoms with E-state index in [9.17, 15) is 14.0 Å². The average Bonchev–Trinajstić information content (AvgIpc) is 2.69. The Balaban J connectivity index is 1.41. The Hall–Kier alpha value is -2.35. The maximum absolute atomic E-state index is 13.0. The van der Waals surface area contributed by atoms with Crippen LogP contribution in [0, 0.1) is 5.82 Å². The summed E-state index contributed by atoms with van der Waals surface area (Å²) in [6, 6.07) is 6.47. The summed E-state index contributed by atoms with van der Waals surface area (Å²) >= 11 is 0. The van der Waals surface area contributed by atoms with E-state index in [1.807, 2.05) is 4.90 Å². The largest absolute Gasteiger partial charge is 0.450 e. The Bertz CT molecular complexity index is 639. The highest BCUT2D eigenvalue weighted by molar-refractivity contribution is 5.78. The predicted molar refractivity (Wildman–Crippen MR) is 100 cm³/mol. The second-order valence-corrected chi connectivity index (χ2v) is 6.81. The molecule has 1 aromatic carbocycles. The van der Waals surface area contributed by atoms with Gasteiger partial charge < -0.3 is 19.4 Å². The molecule has 148 valence electrons. The molecule has 2 amide bonds. The lowest BCUT2D eigenvalue weighted by Crippen LogP contribution is -2.54. The van der Waals surface area contributed by atoms with Crippen LogP contribution in [-0.2, 0) is 9.53 Å². The van der Waals surface area contributed by atoms with Crippen molar-refractivity contribution in [2.75, 3.05) is 70.4 Å². The third-order valence-electron chi connectivity index (χ3n) is 5.08. The van der Waals surface area contributed by atoms with Crippen molar-refractivity contribution in [1.29, 1.82) is 0 Å². The number of hydrogen-bond donors (Lipinski definition) is 0. The first kappa shape index (κ1) is 19.4. The van der Waals surface area contributed by atoms with Gasteiger partial charge in [0.1, 0.15) is 5.82 Å². The quantitative estimate of drug-likeness (QED) is 0.789. The van der Waals surface area contributed by atoms with Crippen LogP contribution in [0.15, 0.2) is 24.3 Å². The van der Waals surface area contributed by atoms with Gasteiger partial charge in [-0.1, -0.05) is 0 Å². The van der Waals surface area contributed by atoms with Gasteiger partial charge in [-0.3, -0.25) is 9.69 Å². The molecule has 1 aromatic rings. The van der Waals surface area contributed by atoms with Crippen molar-refractivity contribution in [1.82, 2.24) is 14.7 Å². The summed E-state index contributed by atoms with van der Waals surface area (Å²) in [6.07, 6.45) is -0.277. The molecular weight excluding hydrogens is 351 g/mol. The number of amides is 2. The highest BCUT2D eigenvalue weighted by Crippen LogP contribution is 2.17. The summed E-state index contributed by atoms with van der Waals surface area (Å²) in [5.41, 5.74) is 0.985. The Morgan fingerprint density at radius 2 is 1.52 bits per heavy atom. The minimum atomic E-state index is -0.277. The zero-order chi connectivity index (χ0) is 19.2. The van der Waals surface area contributed by atoms with Crippen molar-refractivity contribution in [3.8, 4) is 0 Å². The Morgan fingerprint density at radius 1 is 0.926 bits per heavy atom. The smallest absolute Gasteiger partial charge is 0.409 e. The summed E-state index contributed by atoms with van der Waals surface area (Å²) in [4.78, 5) is 32.1. The third kappa shape index (κ3) is 5.09. The lowest BCUT2D eigenvalue weighted by Gasteiger charge is -2.38. The van der Waals surface area contributed by atoms with E-state index in [1.165, 1.54) is 12.1 Å². The van der Waals surface area contributed by atoms with Crippen molar-refractivity contribution in [3.05, 3.63) is 30.1 Å². The van der Waals surface area contributed by atoms with Gasteiger partial charge in [0.25, 0.3) is 0 Å². The topological polar surface area (TPSA) is 56.3 Å². The number of rotatable bonds is 4. The van der Waals surface area contributed by atoms with E-state index in [0.29, 0.717) is 52.4 Å². The van der Waals surface area contributed by atoms with Crippen molar-refractivity contribution in [2.24, 2.45) is 0 Å². The van der Waals surface area contributed by atoms with Gasteiger partial charge in [0.05, 0.1) is 13.2 Å². The van der Waals surface area contributed by atoms with Crippen LogP contribution in [0.25, 0.3) is 0 Å². The summed E-state index contributed by atoms with van der Waals surface area (Å²) in [5.74, 6) is -0.117. The van der Waals surface area contributed by atoms with E-state index >= 15 is 0 Å². The SMILES string of the molecule is CCOC(=O)N1CCN(CC(=O)N2CCN(c3ccc(F)cc3)CC2)CC1. The molecule has 0 saturated carbocycles. The van der Waals surface area contributed by atoms with Gasteiger partial charge >= 0.3 is 6.09 Å². The van der Waals surface area contributed by atoms with Crippen LogP contribution < -0.4 is 4.90 Å². The van der Waals surface area contributed by atoms with Gasteiger partial charge in [0, 0.05) is 58.0 Å². The fraction of sp³-hybridized carbons (Fsp3) is 0.579. The number of nitrogens with zero attached hydrogens (tertiary/aromatic N) is 4. The van der Waals surface area contributed by atoms with E-state index in [-0.39, 0.29) is 17.8 Å². The first-order valence-corrected chi connectivity index (χ1v) is 9.49. The fourth-order valence-corrected chi connectivity index (χ4v) is 3.46. The zero-order valence-corrected chi connectivity index (χ0v) is 15.8. The molecule has 0 aromatic heterocycles. The number of benzene rings is 1. The van der Waals surface area contributed by atoms with Crippen LogP contribution in [0.1, 0.15) is 6.92 Å². The van der Waals surface area contributed by atoms with Crippen LogP contribution in [0.4, 0.5) is 14.9 Å². The van der Waals surface area contributed by atoms with E-state index < -0.39 is 0 Å². The molecule has 8 heteroatoms. The number of anilines is 1. The molecule has 0 spiro atoms. The van der Waals surface area contributed by atoms with Gasteiger partial charge in [-0.2, -0.15) is 0 Å². The first-order chi connectivity index (χ1) is 13.1. The molecular formula is C19H27FN4O3. The van der Waals surface area contributed by atoms with Crippen LogP contribution in [0.2, 0.25) is 0 Å². The molecule has 27 heavy (non-hydrogen) atoms. The minimum Gasteiger partial charge on any atom is -0.450 e. The molecule has 0 bridgehead atoms. The molecule has 0 atom stereocenters. The molecule has 0 radical (unpaired) electrons. The van der Waals surface area contributed by atoms with Gasteiger partial charge in [-0.05, 0) is 31.2 Å². The van der Waals surface area contributed by atoms with Crippen molar-refractivity contribution >= 4 is 17.7 Å². The molecule has 0 aliphatic carbocycles. The second kappa shape index (κ2) is 9.03. The Kier molecular flexibility index (Phi) is 6.49. The number of piperazine rings is 2. The predicted octanol–water partition coefficient (Wildman–Crippen LogP) is 1.25. The molecule has 2 aliphatic heterocycles. The lowest BCUT2D eigenvalue weighted by atomic mass is 10.2. The van der Waals surface area contributed by atoms with E-state index in [4.69, 9.17) is 4.74 Å². The molecule has 7 nitrogen and oxygen atoms in total. The van der Waals surface area contributed by atoms with E-state index in [0.717, 1.165) is 18.8 Å². The summed E-state index contributed by atoms with van der Waals surface area (Å²) in [7, 11) is 0. The van der Waals surface area contributed by atoms with E-state index in [2.05, 4.69) is 9.80 Å². The maximum atomic E-state index is 13.0. The third-order valence-corrected chi connectivity index (χ3v) is 5.08. The second-order valence-electron chi connectivity index (χ2n) is 6.81. The van der Waals surface area contributed by atoms with Crippen molar-refractivity contribution < 1.29 is 18.7 Å². The molecule has 2 fully saturated rings. The summed E-state index contributed by atoms with van der Waals surface area (Å²) < 4.78 is 18.1. The maximum Gasteiger partial charge on any atom is 0.409 e. The van der Waals surface area contributed by atoms with Crippen LogP contribution in [0.5, 0.6) is 0 Å². The number of ether oxygens (including phenoxy) is 1. The molecule has 2 heterocycles. The zero-order valence-electron chi connectivity index (χ0n) is 15.8. The molecule has 0 N–H and O–H groups in total. The number of carbonyl (C=O) groups is 2. The van der Waals surface area contributed by atoms with Crippen molar-refractivity contribution in [3.63, 3.8) is 0 Å². The average molecular weight is 378 g/mol. The van der Waals surface area contributed by atoms with Crippen LogP contribution in [-0.4, -0.2) is 92.2 Å². The monoisotopic (exact) mass is 378 g/mol. The van der Waals surface area contributed by atoms with Gasteiger partial charge in [-0.25, -0.2) is 9.18 Å². The van der Waals surface area contributed by atoms with Gasteiger partial charge in [-0.15, -0.1) is 0 Å². The molecule has 0 unspecified atom stereocenters. The van der Waals surface area contributed by atoms with Crippen LogP contribution >= 0.6 is 0 Å². The van der Waals surface area contributed by atoms with Crippen LogP contribution in [0.3, 0.4) is 0 Å². The van der Waals surface area contributed by atoms with Gasteiger partial charge in [0.15, 0.2) is 0 Å². The first-order valence-electron chi connectivity index (χ1n) is 9.49. The number of halogens is 1. The lowest BCUT2D eigenvalue weighted by molar-refractivity contribution is -0.133. The minimum absolute atomic E-state index is 0.123. The highest BCUT2D eigenvalue weighted by Gasteiger charge is 2.26. The summed E-state index contributed by atoms with van der Waals surface area (Å²) in [5, 5.41) is 0. The normalized spacial score (nSPS) is 18.5.